The van der Waals surface area contributed by atoms with Crippen LogP contribution in [0.4, 0.5) is 0 Å². The number of terminal acetylenes is 2. The molecule has 0 amide bonds. The van der Waals surface area contributed by atoms with Gasteiger partial charge in [-0.05, 0) is 31.6 Å². The van der Waals surface area contributed by atoms with Crippen molar-refractivity contribution < 1.29 is 4.43 Å². The molecule has 1 fully saturated rings. The highest BCUT2D eigenvalue weighted by atomic mass is 29.3. The molecule has 0 aliphatic carbocycles. The van der Waals surface area contributed by atoms with Crippen LogP contribution in [-0.2, 0) is 10.0 Å². The minimum absolute atomic E-state index is 0.551. The van der Waals surface area contributed by atoms with Crippen LogP contribution >= 0.6 is 0 Å². The number of hydrogen-bond acceptors (Lipinski definition) is 1. The fourth-order valence-electron chi connectivity index (χ4n) is 3.86. The summed E-state index contributed by atoms with van der Waals surface area (Å²) in [4.78, 5) is 0. The molecule has 0 saturated carbocycles. The van der Waals surface area contributed by atoms with Crippen LogP contribution in [0.3, 0.4) is 0 Å². The van der Waals surface area contributed by atoms with E-state index in [0.717, 1.165) is 28.7 Å². The summed E-state index contributed by atoms with van der Waals surface area (Å²) in [5, 5.41) is 0. The van der Waals surface area contributed by atoms with Crippen LogP contribution in [0, 0.1) is 24.7 Å². The van der Waals surface area contributed by atoms with Gasteiger partial charge in [-0.25, -0.2) is 0 Å². The van der Waals surface area contributed by atoms with E-state index in [1.807, 2.05) is 36.4 Å². The Bertz CT molecular complexity index is 855. The average Bonchev–Trinajstić information content (AvgIpc) is 2.64. The second-order valence-electron chi connectivity index (χ2n) is 8.20. The van der Waals surface area contributed by atoms with E-state index in [9.17, 15) is 0 Å². The first kappa shape index (κ1) is 18.7. The molecule has 0 radical (unpaired) electrons. The third kappa shape index (κ3) is 2.87. The van der Waals surface area contributed by atoms with Crippen LogP contribution in [0.1, 0.15) is 28.7 Å². The van der Waals surface area contributed by atoms with Gasteiger partial charge in [-0.1, -0.05) is 67.4 Å². The molecule has 2 aromatic carbocycles. The van der Waals surface area contributed by atoms with Crippen molar-refractivity contribution in [2.75, 3.05) is 0 Å². The lowest BCUT2D eigenvalue weighted by Crippen LogP contribution is -2.64. The highest BCUT2D eigenvalue weighted by molar-refractivity contribution is 7.38. The summed E-state index contributed by atoms with van der Waals surface area (Å²) in [6.07, 6.45) is 12.7. The van der Waals surface area contributed by atoms with E-state index in [-0.39, 0.29) is 0 Å². The van der Waals surface area contributed by atoms with Crippen molar-refractivity contribution in [1.29, 1.82) is 0 Å². The van der Waals surface area contributed by atoms with Crippen molar-refractivity contribution >= 4 is 15.4 Å². The van der Waals surface area contributed by atoms with Gasteiger partial charge in [-0.15, -0.1) is 12.8 Å². The molecular weight excluding hydrogens is 348 g/mol. The molecule has 0 atom stereocenters. The molecule has 0 bridgehead atoms. The number of benzene rings is 2. The molecule has 3 rings (SSSR count). The van der Waals surface area contributed by atoms with Crippen molar-refractivity contribution in [2.45, 2.75) is 44.3 Å². The average molecular weight is 375 g/mol. The van der Waals surface area contributed by atoms with Gasteiger partial charge in [0.25, 0.3) is 0 Å². The summed E-state index contributed by atoms with van der Waals surface area (Å²) in [5.41, 5.74) is 3.39. The predicted octanol–water partition coefficient (Wildman–Crippen LogP) is 5.31. The van der Waals surface area contributed by atoms with Crippen molar-refractivity contribution in [3.05, 3.63) is 70.8 Å². The van der Waals surface area contributed by atoms with E-state index in [1.54, 1.807) is 0 Å². The predicted molar refractivity (Wildman–Crippen MR) is 115 cm³/mol. The van der Waals surface area contributed by atoms with Crippen molar-refractivity contribution in [1.82, 2.24) is 0 Å². The topological polar surface area (TPSA) is 9.23 Å². The van der Waals surface area contributed by atoms with E-state index in [4.69, 9.17) is 17.3 Å². The summed E-state index contributed by atoms with van der Waals surface area (Å²) in [5.74, 6) is 5.74. The molecule has 0 spiro atoms. The van der Waals surface area contributed by atoms with Gasteiger partial charge in [-0.2, -0.15) is 0 Å². The van der Waals surface area contributed by atoms with Gasteiger partial charge < -0.3 is 4.43 Å². The maximum Gasteiger partial charge on any atom is 0.175 e. The summed E-state index contributed by atoms with van der Waals surface area (Å²) in [7, 11) is -3.30. The molecule has 1 nitrogen and oxygen atoms in total. The normalized spacial score (nSPS) is 19.9. The van der Waals surface area contributed by atoms with Crippen molar-refractivity contribution in [2.24, 2.45) is 0 Å². The largest absolute Gasteiger partial charge is 0.406 e. The summed E-state index contributed by atoms with van der Waals surface area (Å²) >= 11 is 0. The Kier molecular flexibility index (Phi) is 4.75. The molecule has 132 valence electrons. The minimum Gasteiger partial charge on any atom is -0.406 e. The van der Waals surface area contributed by atoms with E-state index >= 15 is 0 Å². The Hall–Kier alpha value is -2.05. The first-order valence-corrected chi connectivity index (χ1v) is 16.2. The molecule has 1 aliphatic heterocycles. The van der Waals surface area contributed by atoms with E-state index in [2.05, 4.69) is 50.2 Å². The van der Waals surface area contributed by atoms with E-state index < -0.39 is 21.0 Å². The Morgan fingerprint density at radius 3 is 1.73 bits per heavy atom. The first-order valence-electron chi connectivity index (χ1n) is 9.10. The Labute approximate surface area is 159 Å². The van der Waals surface area contributed by atoms with Crippen LogP contribution < -0.4 is 0 Å². The molecule has 2 aromatic rings. The zero-order valence-corrected chi connectivity index (χ0v) is 18.1. The third-order valence-corrected chi connectivity index (χ3v) is 22.7. The van der Waals surface area contributed by atoms with Gasteiger partial charge in [0.15, 0.2) is 7.83 Å². The number of hydrogen-bond donors (Lipinski definition) is 0. The summed E-state index contributed by atoms with van der Waals surface area (Å²) < 4.78 is 7.14. The molecule has 0 unspecified atom stereocenters. The van der Waals surface area contributed by atoms with Crippen LogP contribution in [0.2, 0.25) is 32.2 Å². The van der Waals surface area contributed by atoms with Crippen LogP contribution in [0.15, 0.2) is 48.5 Å². The highest BCUT2D eigenvalue weighted by Crippen LogP contribution is 2.49. The van der Waals surface area contributed by atoms with Gasteiger partial charge in [0, 0.05) is 22.3 Å². The lowest BCUT2D eigenvalue weighted by Gasteiger charge is -2.53. The second kappa shape index (κ2) is 6.60. The van der Waals surface area contributed by atoms with Gasteiger partial charge in [0.2, 0.25) is 0 Å². The summed E-state index contributed by atoms with van der Waals surface area (Å²) in [6.45, 7) is 9.65. The monoisotopic (exact) mass is 374 g/mol. The quantitative estimate of drug-likeness (QED) is 0.511. The second-order valence-corrected chi connectivity index (χ2v) is 23.4. The molecule has 1 heterocycles. The maximum absolute atomic E-state index is 7.14. The third-order valence-electron chi connectivity index (χ3n) is 6.20. The minimum atomic E-state index is -1.89. The zero-order chi connectivity index (χ0) is 19.0. The molecular formula is C23H26OSi2. The summed E-state index contributed by atoms with van der Waals surface area (Å²) in [6, 6.07) is 17.5. The first-order chi connectivity index (χ1) is 12.3. The highest BCUT2D eigenvalue weighted by Gasteiger charge is 2.55. The Morgan fingerprint density at radius 1 is 0.846 bits per heavy atom. The van der Waals surface area contributed by atoms with Gasteiger partial charge >= 0.3 is 0 Å². The van der Waals surface area contributed by atoms with Crippen LogP contribution in [-0.4, -0.2) is 15.4 Å². The fourth-order valence-corrected chi connectivity index (χ4v) is 10.4. The van der Waals surface area contributed by atoms with Gasteiger partial charge in [-0.3, -0.25) is 0 Å². The molecule has 0 N–H and O–H groups in total. The van der Waals surface area contributed by atoms with Crippen molar-refractivity contribution in [3.8, 4) is 24.7 Å². The van der Waals surface area contributed by atoms with E-state index in [0.29, 0.717) is 0 Å². The van der Waals surface area contributed by atoms with Crippen LogP contribution in [0.25, 0.3) is 0 Å². The van der Waals surface area contributed by atoms with Gasteiger partial charge in [0.1, 0.15) is 5.60 Å². The zero-order valence-electron chi connectivity index (χ0n) is 16.1. The Balaban J connectivity index is 2.32. The van der Waals surface area contributed by atoms with Crippen molar-refractivity contribution in [3.63, 3.8) is 0 Å². The molecule has 0 aromatic heterocycles. The standard InChI is InChI=1S/C23H26OSi2/c1-7-19-13-9-11-15-21(19)23(22-16-12-10-14-20(22)8-2)17-18-25(3,4)26(5,6)24-23/h1-2,9-16H,17-18H2,3-6H3. The Morgan fingerprint density at radius 2 is 1.31 bits per heavy atom. The van der Waals surface area contributed by atoms with Gasteiger partial charge in [0.05, 0.1) is 7.59 Å². The molecule has 1 saturated heterocycles. The molecule has 1 aliphatic rings. The SMILES string of the molecule is C#Cc1ccccc1C1(c2ccccc2C#C)CC[Si](C)(C)[Si](C)(C)O1. The molecule has 26 heavy (non-hydrogen) atoms. The smallest absolute Gasteiger partial charge is 0.175 e. The van der Waals surface area contributed by atoms with Crippen LogP contribution in [0.5, 0.6) is 0 Å². The number of rotatable bonds is 2. The lowest BCUT2D eigenvalue weighted by molar-refractivity contribution is 0.0933. The lowest BCUT2D eigenvalue weighted by atomic mass is 9.79. The fraction of sp³-hybridized carbons (Fsp3) is 0.304. The molecule has 3 heteroatoms. The maximum atomic E-state index is 7.14. The van der Waals surface area contributed by atoms with E-state index in [1.165, 1.54) is 6.04 Å².